The first kappa shape index (κ1) is 17.8. The molecular weight excluding hydrogens is 413 g/mol. The standard InChI is InChI=1S/C22H14FN7S/c1-11-6-8-24-10-12(11)13-2-3-15-19(26-13)21(30-29-15)22-27-14-7-9-25-20(18(14)28-22)16-4-5-17(23)31-16/h2-10H,1H3,(H,27,28)(H,29,30). The number of imidazole rings is 1. The summed E-state index contributed by atoms with van der Waals surface area (Å²) in [4.78, 5) is 22.3. The Morgan fingerprint density at radius 3 is 2.65 bits per heavy atom. The van der Waals surface area contributed by atoms with E-state index in [-0.39, 0.29) is 5.13 Å². The maximum atomic E-state index is 13.6. The van der Waals surface area contributed by atoms with Crippen LogP contribution < -0.4 is 0 Å². The van der Waals surface area contributed by atoms with Gasteiger partial charge in [0.1, 0.15) is 16.7 Å². The van der Waals surface area contributed by atoms with Crippen molar-refractivity contribution >= 4 is 33.4 Å². The molecule has 31 heavy (non-hydrogen) atoms. The fourth-order valence-electron chi connectivity index (χ4n) is 3.62. The number of hydrogen-bond acceptors (Lipinski definition) is 6. The van der Waals surface area contributed by atoms with Gasteiger partial charge in [-0.2, -0.15) is 9.49 Å². The van der Waals surface area contributed by atoms with Gasteiger partial charge < -0.3 is 4.98 Å². The van der Waals surface area contributed by atoms with E-state index in [0.717, 1.165) is 44.1 Å². The Balaban J connectivity index is 1.52. The van der Waals surface area contributed by atoms with Crippen molar-refractivity contribution in [3.05, 3.63) is 65.7 Å². The molecule has 0 saturated heterocycles. The van der Waals surface area contributed by atoms with Crippen molar-refractivity contribution < 1.29 is 4.39 Å². The summed E-state index contributed by atoms with van der Waals surface area (Å²) >= 11 is 1.04. The molecule has 0 aliphatic rings. The smallest absolute Gasteiger partial charge is 0.177 e. The number of aromatic nitrogens is 7. The molecule has 0 bridgehead atoms. The van der Waals surface area contributed by atoms with Crippen LogP contribution in [0.5, 0.6) is 0 Å². The summed E-state index contributed by atoms with van der Waals surface area (Å²) in [5.41, 5.74) is 7.08. The Hall–Kier alpha value is -3.98. The zero-order valence-corrected chi connectivity index (χ0v) is 17.0. The lowest BCUT2D eigenvalue weighted by Gasteiger charge is -2.04. The van der Waals surface area contributed by atoms with Gasteiger partial charge in [-0.25, -0.2) is 9.97 Å². The van der Waals surface area contributed by atoms with Crippen LogP contribution in [0.1, 0.15) is 5.56 Å². The number of aryl methyl sites for hydroxylation is 1. The lowest BCUT2D eigenvalue weighted by molar-refractivity contribution is 0.657. The van der Waals surface area contributed by atoms with Crippen molar-refractivity contribution in [1.29, 1.82) is 0 Å². The highest BCUT2D eigenvalue weighted by Gasteiger charge is 2.18. The average molecular weight is 427 g/mol. The normalized spacial score (nSPS) is 11.5. The van der Waals surface area contributed by atoms with Gasteiger partial charge in [0.25, 0.3) is 0 Å². The maximum Gasteiger partial charge on any atom is 0.177 e. The van der Waals surface area contributed by atoms with Crippen molar-refractivity contribution in [3.8, 4) is 33.3 Å². The molecule has 150 valence electrons. The van der Waals surface area contributed by atoms with Crippen LogP contribution in [0.2, 0.25) is 0 Å². The topological polar surface area (TPSA) is 96.0 Å². The number of rotatable bonds is 3. The van der Waals surface area contributed by atoms with Crippen molar-refractivity contribution in [2.24, 2.45) is 0 Å². The van der Waals surface area contributed by atoms with E-state index in [1.165, 1.54) is 6.07 Å². The largest absolute Gasteiger partial charge is 0.336 e. The van der Waals surface area contributed by atoms with Gasteiger partial charge in [-0.1, -0.05) is 0 Å². The Bertz CT molecular complexity index is 1580. The maximum absolute atomic E-state index is 13.6. The zero-order valence-electron chi connectivity index (χ0n) is 16.2. The number of aromatic amines is 2. The zero-order chi connectivity index (χ0) is 20.9. The van der Waals surface area contributed by atoms with Gasteiger partial charge in [-0.15, -0.1) is 11.3 Å². The Morgan fingerprint density at radius 1 is 0.903 bits per heavy atom. The molecule has 0 amide bonds. The number of nitrogens with zero attached hydrogens (tertiary/aromatic N) is 5. The minimum atomic E-state index is -0.259. The van der Waals surface area contributed by atoms with Gasteiger partial charge >= 0.3 is 0 Å². The third-order valence-corrected chi connectivity index (χ3v) is 6.04. The second-order valence-corrected chi connectivity index (χ2v) is 8.13. The SMILES string of the molecule is Cc1ccncc1-c1ccc2[nH]nc(-c3nc4c(-c5ccc(F)s5)nccc4[nH]3)c2n1. The highest BCUT2D eigenvalue weighted by molar-refractivity contribution is 7.13. The Morgan fingerprint density at radius 2 is 1.81 bits per heavy atom. The van der Waals surface area contributed by atoms with Gasteiger partial charge in [0.05, 0.1) is 21.6 Å². The number of thiophene rings is 1. The first-order chi connectivity index (χ1) is 15.2. The Labute approximate surface area is 179 Å². The third kappa shape index (κ3) is 2.89. The van der Waals surface area contributed by atoms with Crippen LogP contribution in [-0.2, 0) is 0 Å². The molecule has 9 heteroatoms. The minimum Gasteiger partial charge on any atom is -0.336 e. The summed E-state index contributed by atoms with van der Waals surface area (Å²) in [7, 11) is 0. The molecule has 6 aromatic rings. The number of pyridine rings is 3. The average Bonchev–Trinajstić information content (AvgIpc) is 3.50. The molecule has 0 atom stereocenters. The van der Waals surface area contributed by atoms with Gasteiger partial charge in [0, 0.05) is 24.2 Å². The Kier molecular flexibility index (Phi) is 3.90. The molecule has 7 nitrogen and oxygen atoms in total. The van der Waals surface area contributed by atoms with Gasteiger partial charge in [-0.3, -0.25) is 15.1 Å². The third-order valence-electron chi connectivity index (χ3n) is 5.15. The van der Waals surface area contributed by atoms with Crippen LogP contribution in [0.15, 0.2) is 55.0 Å². The number of nitrogens with one attached hydrogen (secondary N) is 2. The van der Waals surface area contributed by atoms with Crippen LogP contribution in [0, 0.1) is 12.1 Å². The van der Waals surface area contributed by atoms with Crippen LogP contribution in [0.25, 0.3) is 55.4 Å². The van der Waals surface area contributed by atoms with Crippen molar-refractivity contribution in [2.75, 3.05) is 0 Å². The molecule has 2 N–H and O–H groups in total. The van der Waals surface area contributed by atoms with E-state index < -0.39 is 0 Å². The van der Waals surface area contributed by atoms with E-state index in [4.69, 9.17) is 9.97 Å². The summed E-state index contributed by atoms with van der Waals surface area (Å²) in [6.07, 6.45) is 5.25. The molecule has 0 spiro atoms. The van der Waals surface area contributed by atoms with Crippen molar-refractivity contribution in [2.45, 2.75) is 6.92 Å². The van der Waals surface area contributed by atoms with Crippen LogP contribution in [0.4, 0.5) is 4.39 Å². The lowest BCUT2D eigenvalue weighted by atomic mass is 10.1. The second-order valence-electron chi connectivity index (χ2n) is 7.10. The predicted octanol–water partition coefficient (Wildman–Crippen LogP) is 5.13. The lowest BCUT2D eigenvalue weighted by Crippen LogP contribution is -1.90. The molecule has 0 aromatic carbocycles. The summed E-state index contributed by atoms with van der Waals surface area (Å²) in [5.74, 6) is 0.570. The predicted molar refractivity (Wildman–Crippen MR) is 118 cm³/mol. The number of hydrogen-bond donors (Lipinski definition) is 2. The van der Waals surface area contributed by atoms with Crippen molar-refractivity contribution in [3.63, 3.8) is 0 Å². The first-order valence-electron chi connectivity index (χ1n) is 9.54. The molecule has 0 unspecified atom stereocenters. The fourth-order valence-corrected chi connectivity index (χ4v) is 4.34. The molecule has 6 rings (SSSR count). The van der Waals surface area contributed by atoms with Crippen molar-refractivity contribution in [1.82, 2.24) is 35.1 Å². The van der Waals surface area contributed by atoms with E-state index in [9.17, 15) is 4.39 Å². The van der Waals surface area contributed by atoms with E-state index in [2.05, 4.69) is 25.1 Å². The molecule has 6 heterocycles. The fraction of sp³-hybridized carbons (Fsp3) is 0.0455. The number of fused-ring (bicyclic) bond motifs is 2. The molecule has 0 saturated carbocycles. The number of H-pyrrole nitrogens is 2. The summed E-state index contributed by atoms with van der Waals surface area (Å²) < 4.78 is 13.6. The molecule has 0 aliphatic carbocycles. The van der Waals surface area contributed by atoms with Crippen LogP contribution >= 0.6 is 11.3 Å². The number of halogens is 1. The monoisotopic (exact) mass is 427 g/mol. The van der Waals surface area contributed by atoms with E-state index >= 15 is 0 Å². The van der Waals surface area contributed by atoms with Gasteiger partial charge in [0.15, 0.2) is 16.6 Å². The quantitative estimate of drug-likeness (QED) is 0.408. The van der Waals surface area contributed by atoms with E-state index in [1.54, 1.807) is 18.5 Å². The van der Waals surface area contributed by atoms with Crippen LogP contribution in [0.3, 0.4) is 0 Å². The molecule has 6 aromatic heterocycles. The van der Waals surface area contributed by atoms with Crippen LogP contribution in [-0.4, -0.2) is 35.1 Å². The second kappa shape index (κ2) is 6.78. The van der Waals surface area contributed by atoms with E-state index in [0.29, 0.717) is 28.2 Å². The summed E-state index contributed by atoms with van der Waals surface area (Å²) in [6.45, 7) is 2.03. The molecule has 0 fully saturated rings. The molecule has 0 radical (unpaired) electrons. The highest BCUT2D eigenvalue weighted by Crippen LogP contribution is 2.33. The highest BCUT2D eigenvalue weighted by atomic mass is 32.1. The molecular formula is C22H14FN7S. The van der Waals surface area contributed by atoms with E-state index in [1.807, 2.05) is 37.4 Å². The van der Waals surface area contributed by atoms with Gasteiger partial charge in [0.2, 0.25) is 0 Å². The first-order valence-corrected chi connectivity index (χ1v) is 10.4. The summed E-state index contributed by atoms with van der Waals surface area (Å²) in [6, 6.07) is 10.8. The minimum absolute atomic E-state index is 0.259. The summed E-state index contributed by atoms with van der Waals surface area (Å²) in [5, 5.41) is 7.21. The van der Waals surface area contributed by atoms with Gasteiger partial charge in [-0.05, 0) is 48.9 Å². The molecule has 0 aliphatic heterocycles.